The summed E-state index contributed by atoms with van der Waals surface area (Å²) in [6, 6.07) is 17.6. The quantitative estimate of drug-likeness (QED) is 0.702. The minimum Gasteiger partial charge on any atom is -0.489 e. The average Bonchev–Trinajstić information content (AvgIpc) is 3.02. The van der Waals surface area contributed by atoms with Crippen LogP contribution in [-0.4, -0.2) is 13.1 Å². The third-order valence-electron chi connectivity index (χ3n) is 3.61. The molecule has 0 spiro atoms. The van der Waals surface area contributed by atoms with Crippen LogP contribution in [0.5, 0.6) is 5.75 Å². The Labute approximate surface area is 144 Å². The highest BCUT2D eigenvalue weighted by Gasteiger charge is 2.17. The molecule has 2 aromatic carbocycles. The van der Waals surface area contributed by atoms with E-state index in [0.717, 1.165) is 22.4 Å². The predicted molar refractivity (Wildman–Crippen MR) is 96.3 cm³/mol. The van der Waals surface area contributed by atoms with Gasteiger partial charge >= 0.3 is 5.97 Å². The van der Waals surface area contributed by atoms with Crippen LogP contribution in [0.1, 0.15) is 15.2 Å². The van der Waals surface area contributed by atoms with E-state index < -0.39 is 5.97 Å². The fraction of sp³-hybridized carbons (Fsp3) is 0.105. The van der Waals surface area contributed by atoms with Gasteiger partial charge in [-0.2, -0.15) is 0 Å². The lowest BCUT2D eigenvalue weighted by Crippen LogP contribution is -2.02. The number of thiophene rings is 1. The van der Waals surface area contributed by atoms with Gasteiger partial charge in [0.25, 0.3) is 0 Å². The molecular weight excluding hydrogens is 322 g/mol. The highest BCUT2D eigenvalue weighted by molar-refractivity contribution is 7.13. The molecule has 0 saturated carbocycles. The van der Waals surface area contributed by atoms with Gasteiger partial charge in [-0.3, -0.25) is 0 Å². The third kappa shape index (κ3) is 3.41. The van der Waals surface area contributed by atoms with Gasteiger partial charge in [-0.1, -0.05) is 42.5 Å². The van der Waals surface area contributed by atoms with Crippen molar-refractivity contribution in [2.24, 2.45) is 0 Å². The first-order valence-electron chi connectivity index (χ1n) is 7.41. The summed E-state index contributed by atoms with van der Waals surface area (Å²) in [5.74, 6) is 0.371. The molecule has 3 aromatic rings. The molecule has 122 valence electrons. The van der Waals surface area contributed by atoms with Crippen molar-refractivity contribution in [1.82, 2.24) is 0 Å². The zero-order valence-electron chi connectivity index (χ0n) is 13.2. The van der Waals surface area contributed by atoms with Crippen LogP contribution in [0.15, 0.2) is 60.0 Å². The first kappa shape index (κ1) is 16.1. The summed E-state index contributed by atoms with van der Waals surface area (Å²) >= 11 is 1.28. The number of nitrogen functional groups attached to an aromatic ring is 1. The lowest BCUT2D eigenvalue weighted by atomic mass is 10.1. The molecule has 0 amide bonds. The number of carbonyl (C=O) groups is 1. The molecule has 24 heavy (non-hydrogen) atoms. The van der Waals surface area contributed by atoms with Crippen LogP contribution < -0.4 is 10.5 Å². The summed E-state index contributed by atoms with van der Waals surface area (Å²) in [7, 11) is 1.35. The second-order valence-electron chi connectivity index (χ2n) is 5.18. The Bertz CT molecular complexity index is 826. The van der Waals surface area contributed by atoms with Gasteiger partial charge < -0.3 is 15.2 Å². The van der Waals surface area contributed by atoms with E-state index in [1.165, 1.54) is 18.4 Å². The zero-order chi connectivity index (χ0) is 16.9. The number of carbonyl (C=O) groups excluding carboxylic acids is 1. The normalized spacial score (nSPS) is 10.4. The van der Waals surface area contributed by atoms with Crippen molar-refractivity contribution >= 4 is 23.0 Å². The fourth-order valence-electron chi connectivity index (χ4n) is 2.31. The Balaban J connectivity index is 1.73. The molecule has 1 aromatic heterocycles. The molecule has 1 heterocycles. The second-order valence-corrected chi connectivity index (χ2v) is 6.06. The second kappa shape index (κ2) is 7.19. The van der Waals surface area contributed by atoms with Crippen molar-refractivity contribution in [3.63, 3.8) is 0 Å². The molecule has 2 N–H and O–H groups in total. The molecule has 0 radical (unpaired) electrons. The number of nitrogens with two attached hydrogens (primary N) is 1. The van der Waals surface area contributed by atoms with E-state index in [-0.39, 0.29) is 0 Å². The van der Waals surface area contributed by atoms with Gasteiger partial charge in [-0.15, -0.1) is 11.3 Å². The molecule has 3 rings (SSSR count). The summed E-state index contributed by atoms with van der Waals surface area (Å²) in [6.07, 6.45) is 0. The molecule has 0 aliphatic rings. The largest absolute Gasteiger partial charge is 0.489 e. The van der Waals surface area contributed by atoms with Crippen molar-refractivity contribution in [3.05, 3.63) is 70.4 Å². The smallest absolute Gasteiger partial charge is 0.350 e. The summed E-state index contributed by atoms with van der Waals surface area (Å²) in [5, 5.41) is 1.86. The predicted octanol–water partition coefficient (Wildman–Crippen LogP) is 4.36. The monoisotopic (exact) mass is 339 g/mol. The van der Waals surface area contributed by atoms with E-state index in [0.29, 0.717) is 17.2 Å². The van der Waals surface area contributed by atoms with Crippen LogP contribution in [0.2, 0.25) is 0 Å². The Morgan fingerprint density at radius 3 is 2.46 bits per heavy atom. The van der Waals surface area contributed by atoms with E-state index in [4.69, 9.17) is 15.2 Å². The number of benzene rings is 2. The number of esters is 1. The van der Waals surface area contributed by atoms with Crippen LogP contribution in [0.4, 0.5) is 5.69 Å². The molecule has 4 nitrogen and oxygen atoms in total. The fourth-order valence-corrected chi connectivity index (χ4v) is 3.23. The molecule has 0 aliphatic carbocycles. The van der Waals surface area contributed by atoms with Crippen LogP contribution >= 0.6 is 11.3 Å². The number of rotatable bonds is 5. The van der Waals surface area contributed by atoms with E-state index in [1.54, 1.807) is 0 Å². The summed E-state index contributed by atoms with van der Waals surface area (Å²) in [4.78, 5) is 12.1. The third-order valence-corrected chi connectivity index (χ3v) is 4.59. The Morgan fingerprint density at radius 1 is 1.08 bits per heavy atom. The van der Waals surface area contributed by atoms with E-state index in [9.17, 15) is 4.79 Å². The van der Waals surface area contributed by atoms with Crippen LogP contribution in [0.25, 0.3) is 11.1 Å². The number of hydrogen-bond donors (Lipinski definition) is 1. The molecule has 0 aliphatic heterocycles. The SMILES string of the molecule is COC(=O)c1scc(-c2ccc(OCc3ccccc3)cc2)c1N. The summed E-state index contributed by atoms with van der Waals surface area (Å²) < 4.78 is 10.5. The van der Waals surface area contributed by atoms with Gasteiger partial charge in [0.05, 0.1) is 12.8 Å². The highest BCUT2D eigenvalue weighted by atomic mass is 32.1. The maximum Gasteiger partial charge on any atom is 0.350 e. The molecule has 5 heteroatoms. The minimum atomic E-state index is -0.411. The molecular formula is C19H17NO3S. The number of ether oxygens (including phenoxy) is 2. The van der Waals surface area contributed by atoms with Gasteiger partial charge in [0.15, 0.2) is 0 Å². The highest BCUT2D eigenvalue weighted by Crippen LogP contribution is 2.35. The molecule has 0 saturated heterocycles. The van der Waals surface area contributed by atoms with Gasteiger partial charge in [0, 0.05) is 10.9 Å². The molecule has 0 bridgehead atoms. The van der Waals surface area contributed by atoms with E-state index in [2.05, 4.69) is 0 Å². The minimum absolute atomic E-state index is 0.411. The zero-order valence-corrected chi connectivity index (χ0v) is 14.0. The average molecular weight is 339 g/mol. The summed E-state index contributed by atoms with van der Waals surface area (Å²) in [5.41, 5.74) is 9.39. The topological polar surface area (TPSA) is 61.5 Å². The first-order valence-corrected chi connectivity index (χ1v) is 8.29. The standard InChI is InChI=1S/C19H17NO3S/c1-22-19(21)18-17(20)16(12-24-18)14-7-9-15(10-8-14)23-11-13-5-3-2-4-6-13/h2-10,12H,11,20H2,1H3. The first-order chi connectivity index (χ1) is 11.7. The maximum absolute atomic E-state index is 11.6. The van der Waals surface area contributed by atoms with Gasteiger partial charge in [-0.05, 0) is 23.3 Å². The van der Waals surface area contributed by atoms with Crippen molar-refractivity contribution in [3.8, 4) is 16.9 Å². The van der Waals surface area contributed by atoms with Gasteiger partial charge in [-0.25, -0.2) is 4.79 Å². The number of hydrogen-bond acceptors (Lipinski definition) is 5. The van der Waals surface area contributed by atoms with Crippen molar-refractivity contribution in [2.75, 3.05) is 12.8 Å². The van der Waals surface area contributed by atoms with Crippen LogP contribution in [0.3, 0.4) is 0 Å². The van der Waals surface area contributed by atoms with Gasteiger partial charge in [0.1, 0.15) is 17.2 Å². The number of anilines is 1. The molecule has 0 unspecified atom stereocenters. The van der Waals surface area contributed by atoms with Crippen LogP contribution in [0, 0.1) is 0 Å². The van der Waals surface area contributed by atoms with E-state index in [1.807, 2.05) is 60.0 Å². The van der Waals surface area contributed by atoms with Crippen molar-refractivity contribution < 1.29 is 14.3 Å². The van der Waals surface area contributed by atoms with Crippen molar-refractivity contribution in [1.29, 1.82) is 0 Å². The Morgan fingerprint density at radius 2 is 1.79 bits per heavy atom. The molecule has 0 fully saturated rings. The van der Waals surface area contributed by atoms with Crippen LogP contribution in [-0.2, 0) is 11.3 Å². The van der Waals surface area contributed by atoms with Crippen molar-refractivity contribution in [2.45, 2.75) is 6.61 Å². The lowest BCUT2D eigenvalue weighted by molar-refractivity contribution is 0.0607. The Kier molecular flexibility index (Phi) is 4.82. The lowest BCUT2D eigenvalue weighted by Gasteiger charge is -2.07. The van der Waals surface area contributed by atoms with Gasteiger partial charge in [0.2, 0.25) is 0 Å². The number of methoxy groups -OCH3 is 1. The summed E-state index contributed by atoms with van der Waals surface area (Å²) in [6.45, 7) is 0.521. The Hall–Kier alpha value is -2.79. The molecule has 0 atom stereocenters. The van der Waals surface area contributed by atoms with E-state index >= 15 is 0 Å². The maximum atomic E-state index is 11.6.